The van der Waals surface area contributed by atoms with E-state index in [1.807, 2.05) is 0 Å². The van der Waals surface area contributed by atoms with Crippen LogP contribution in [0.3, 0.4) is 0 Å². The molecule has 4 atom stereocenters. The number of hydrogen-bond acceptors (Lipinski definition) is 5. The summed E-state index contributed by atoms with van der Waals surface area (Å²) in [5.41, 5.74) is 2.56. The van der Waals surface area contributed by atoms with Gasteiger partial charge in [-0.25, -0.2) is 8.78 Å². The van der Waals surface area contributed by atoms with E-state index in [0.29, 0.717) is 17.7 Å². The van der Waals surface area contributed by atoms with Gasteiger partial charge in [-0.05, 0) is 61.1 Å². The van der Waals surface area contributed by atoms with Crippen LogP contribution < -0.4 is 15.5 Å². The van der Waals surface area contributed by atoms with E-state index in [1.54, 1.807) is 0 Å². The predicted molar refractivity (Wildman–Crippen MR) is 125 cm³/mol. The molecule has 1 amide bonds. The van der Waals surface area contributed by atoms with Gasteiger partial charge in [0, 0.05) is 37.3 Å². The molecule has 1 aliphatic carbocycles. The smallest absolute Gasteiger partial charge is 0.217 e. The number of carbonyl (C=O) groups excluding carboxylic acids is 1. The van der Waals surface area contributed by atoms with Gasteiger partial charge in [0.15, 0.2) is 0 Å². The van der Waals surface area contributed by atoms with Gasteiger partial charge in [-0.15, -0.1) is 0 Å². The monoisotopic (exact) mass is 471 g/mol. The molecule has 3 N–H and O–H groups in total. The normalized spacial score (nSPS) is 24.2. The van der Waals surface area contributed by atoms with E-state index in [-0.39, 0.29) is 24.4 Å². The van der Waals surface area contributed by atoms with E-state index in [0.717, 1.165) is 38.5 Å². The summed E-state index contributed by atoms with van der Waals surface area (Å²) in [4.78, 5) is 14.2. The molecular weight excluding hydrogens is 440 g/mol. The molecule has 2 heterocycles. The highest BCUT2D eigenvalue weighted by atomic mass is 19.1. The van der Waals surface area contributed by atoms with Crippen LogP contribution in [0.5, 0.6) is 0 Å². The number of aliphatic hydroxyl groups is 1. The van der Waals surface area contributed by atoms with Crippen molar-refractivity contribution < 1.29 is 23.4 Å². The summed E-state index contributed by atoms with van der Waals surface area (Å²) in [6.07, 6.45) is 2.52. The molecule has 34 heavy (non-hydrogen) atoms. The zero-order valence-corrected chi connectivity index (χ0v) is 19.3. The van der Waals surface area contributed by atoms with Gasteiger partial charge in [-0.2, -0.15) is 0 Å². The first-order chi connectivity index (χ1) is 16.3. The topological polar surface area (TPSA) is 73.8 Å². The number of hydrogen-bond donors (Lipinski definition) is 3. The van der Waals surface area contributed by atoms with Crippen molar-refractivity contribution in [3.63, 3.8) is 0 Å². The van der Waals surface area contributed by atoms with Crippen molar-refractivity contribution in [1.29, 1.82) is 0 Å². The Morgan fingerprint density at radius 1 is 1.24 bits per heavy atom. The second-order valence-corrected chi connectivity index (χ2v) is 9.87. The van der Waals surface area contributed by atoms with Gasteiger partial charge in [-0.1, -0.05) is 12.1 Å². The number of nitrogens with one attached hydrogen (secondary N) is 2. The van der Waals surface area contributed by atoms with Crippen molar-refractivity contribution in [2.45, 2.75) is 62.4 Å². The summed E-state index contributed by atoms with van der Waals surface area (Å²) in [5, 5.41) is 17.1. The SMILES string of the molecule is CC(=O)NC(Cc1cc(F)cc(F)c1)C(O)CNC1(c2cccc(N3C[C@H]4C[C@H]3CO4)c2)CC1. The first kappa shape index (κ1) is 23.2. The van der Waals surface area contributed by atoms with Crippen LogP contribution >= 0.6 is 0 Å². The number of carbonyl (C=O) groups is 1. The molecule has 182 valence electrons. The van der Waals surface area contributed by atoms with Crippen molar-refractivity contribution in [2.75, 3.05) is 24.6 Å². The van der Waals surface area contributed by atoms with Crippen LogP contribution in [0.25, 0.3) is 0 Å². The fourth-order valence-corrected chi connectivity index (χ4v) is 5.36. The van der Waals surface area contributed by atoms with Crippen LogP contribution in [-0.2, 0) is 21.5 Å². The van der Waals surface area contributed by atoms with Crippen molar-refractivity contribution in [1.82, 2.24) is 10.6 Å². The zero-order valence-electron chi connectivity index (χ0n) is 19.3. The fraction of sp³-hybridized carbons (Fsp3) is 0.500. The maximum Gasteiger partial charge on any atom is 0.217 e. The molecule has 1 saturated carbocycles. The van der Waals surface area contributed by atoms with Crippen LogP contribution in [0, 0.1) is 11.6 Å². The van der Waals surface area contributed by atoms with E-state index in [1.165, 1.54) is 30.3 Å². The molecule has 0 aromatic heterocycles. The van der Waals surface area contributed by atoms with E-state index in [4.69, 9.17) is 4.74 Å². The largest absolute Gasteiger partial charge is 0.390 e. The van der Waals surface area contributed by atoms with E-state index in [2.05, 4.69) is 39.8 Å². The van der Waals surface area contributed by atoms with Gasteiger partial charge in [-0.3, -0.25) is 4.79 Å². The molecule has 2 aliphatic heterocycles. The van der Waals surface area contributed by atoms with Crippen LogP contribution in [0.1, 0.15) is 37.3 Å². The summed E-state index contributed by atoms with van der Waals surface area (Å²) < 4.78 is 33.0. The number of aliphatic hydroxyl groups excluding tert-OH is 1. The molecule has 5 rings (SSSR count). The van der Waals surface area contributed by atoms with Gasteiger partial charge >= 0.3 is 0 Å². The Kier molecular flexibility index (Phi) is 6.31. The highest BCUT2D eigenvalue weighted by molar-refractivity contribution is 5.73. The molecule has 6 nitrogen and oxygen atoms in total. The summed E-state index contributed by atoms with van der Waals surface area (Å²) in [5.74, 6) is -1.67. The number of benzene rings is 2. The summed E-state index contributed by atoms with van der Waals surface area (Å²) >= 11 is 0. The second kappa shape index (κ2) is 9.24. The minimum absolute atomic E-state index is 0.124. The van der Waals surface area contributed by atoms with Gasteiger partial charge in [0.2, 0.25) is 5.91 Å². The van der Waals surface area contributed by atoms with Gasteiger partial charge in [0.25, 0.3) is 0 Å². The minimum atomic E-state index is -0.928. The zero-order chi connectivity index (χ0) is 23.9. The summed E-state index contributed by atoms with van der Waals surface area (Å²) in [6.45, 7) is 3.31. The number of ether oxygens (including phenoxy) is 1. The quantitative estimate of drug-likeness (QED) is 0.525. The third-order valence-electron chi connectivity index (χ3n) is 7.26. The lowest BCUT2D eigenvalue weighted by molar-refractivity contribution is -0.120. The Labute approximate surface area is 198 Å². The van der Waals surface area contributed by atoms with Crippen molar-refractivity contribution in [3.05, 3.63) is 65.2 Å². The number of amides is 1. The molecule has 3 aliphatic rings. The van der Waals surface area contributed by atoms with Gasteiger partial charge in [0.05, 0.1) is 30.9 Å². The maximum atomic E-state index is 13.6. The first-order valence-corrected chi connectivity index (χ1v) is 12.0. The molecule has 0 radical (unpaired) electrons. The number of morpholine rings is 1. The second-order valence-electron chi connectivity index (χ2n) is 9.87. The maximum absolute atomic E-state index is 13.6. The van der Waals surface area contributed by atoms with Crippen molar-refractivity contribution in [3.8, 4) is 0 Å². The fourth-order valence-electron chi connectivity index (χ4n) is 5.36. The lowest BCUT2D eigenvalue weighted by Gasteiger charge is -2.30. The minimum Gasteiger partial charge on any atom is -0.390 e. The number of halogens is 2. The average Bonchev–Trinajstić information content (AvgIpc) is 3.28. The van der Waals surface area contributed by atoms with E-state index >= 15 is 0 Å². The van der Waals surface area contributed by atoms with Crippen LogP contribution in [0.2, 0.25) is 0 Å². The van der Waals surface area contributed by atoms with Gasteiger partial charge in [0.1, 0.15) is 11.6 Å². The first-order valence-electron chi connectivity index (χ1n) is 12.0. The molecular formula is C26H31F2N3O3. The molecule has 2 unspecified atom stereocenters. The Bertz CT molecular complexity index is 1040. The van der Waals surface area contributed by atoms with Crippen LogP contribution in [-0.4, -0.2) is 55.0 Å². The van der Waals surface area contributed by atoms with Crippen molar-refractivity contribution in [2.24, 2.45) is 0 Å². The molecule has 2 aromatic rings. The lowest BCUT2D eigenvalue weighted by atomic mass is 9.99. The van der Waals surface area contributed by atoms with Gasteiger partial charge < -0.3 is 25.4 Å². The molecule has 2 aromatic carbocycles. The summed E-state index contributed by atoms with van der Waals surface area (Å²) in [6, 6.07) is 11.6. The Hall–Kier alpha value is -2.55. The van der Waals surface area contributed by atoms with E-state index in [9.17, 15) is 18.7 Å². The molecule has 3 fully saturated rings. The number of anilines is 1. The van der Waals surface area contributed by atoms with Crippen molar-refractivity contribution >= 4 is 11.6 Å². The highest BCUT2D eigenvalue weighted by Crippen LogP contribution is 2.46. The Morgan fingerprint density at radius 3 is 2.62 bits per heavy atom. The van der Waals surface area contributed by atoms with E-state index < -0.39 is 23.8 Å². The molecule has 8 heteroatoms. The number of fused-ring (bicyclic) bond motifs is 2. The molecule has 2 bridgehead atoms. The molecule has 0 spiro atoms. The lowest BCUT2D eigenvalue weighted by Crippen LogP contribution is -2.49. The molecule has 2 saturated heterocycles. The third-order valence-corrected chi connectivity index (χ3v) is 7.26. The Balaban J connectivity index is 1.25. The average molecular weight is 472 g/mol. The number of rotatable bonds is 9. The number of nitrogens with zero attached hydrogens (tertiary/aromatic N) is 1. The predicted octanol–water partition coefficient (Wildman–Crippen LogP) is 2.63. The summed E-state index contributed by atoms with van der Waals surface area (Å²) in [7, 11) is 0. The standard InChI is InChI=1S/C26H31F2N3O3/c1-16(32)30-24(9-17-7-19(27)11-20(28)8-17)25(33)13-29-26(5-6-26)18-3-2-4-21(10-18)31-14-23-12-22(31)15-34-23/h2-4,7-8,10-11,22-25,29,33H,5-6,9,12-15H2,1H3,(H,30,32)/t22-,23+,24?,25?/m0/s1. The highest BCUT2D eigenvalue weighted by Gasteiger charge is 2.45. The van der Waals surface area contributed by atoms with Crippen LogP contribution in [0.4, 0.5) is 14.5 Å². The third kappa shape index (κ3) is 4.94. The Morgan fingerprint density at radius 2 is 2.00 bits per heavy atom. The van der Waals surface area contributed by atoms with Crippen LogP contribution in [0.15, 0.2) is 42.5 Å².